The van der Waals surface area contributed by atoms with E-state index in [1.54, 1.807) is 0 Å². The number of aryl methyl sites for hydroxylation is 1. The fourth-order valence-electron chi connectivity index (χ4n) is 2.98. The van der Waals surface area contributed by atoms with Crippen LogP contribution in [-0.2, 0) is 22.8 Å². The molecule has 1 aromatic rings. The van der Waals surface area contributed by atoms with Gasteiger partial charge in [-0.15, -0.1) is 10.2 Å². The Labute approximate surface area is 113 Å². The summed E-state index contributed by atoms with van der Waals surface area (Å²) in [6, 6.07) is 0.401. The zero-order valence-corrected chi connectivity index (χ0v) is 12.0. The van der Waals surface area contributed by atoms with Crippen LogP contribution in [0.4, 0.5) is 0 Å². The van der Waals surface area contributed by atoms with E-state index < -0.39 is 9.84 Å². The number of nitrogens with one attached hydrogen (secondary N) is 1. The molecule has 1 unspecified atom stereocenters. The first-order chi connectivity index (χ1) is 9.05. The van der Waals surface area contributed by atoms with Gasteiger partial charge in [0.1, 0.15) is 21.5 Å². The van der Waals surface area contributed by atoms with Crippen LogP contribution >= 0.6 is 0 Å². The third-order valence-electron chi connectivity index (χ3n) is 4.07. The molecule has 0 saturated carbocycles. The Morgan fingerprint density at radius 3 is 2.79 bits per heavy atom. The van der Waals surface area contributed by atoms with E-state index in [9.17, 15) is 8.42 Å². The molecule has 1 saturated heterocycles. The first kappa shape index (κ1) is 13.1. The third kappa shape index (κ3) is 2.67. The topological polar surface area (TPSA) is 76.9 Å². The molecule has 19 heavy (non-hydrogen) atoms. The van der Waals surface area contributed by atoms with Crippen molar-refractivity contribution in [2.75, 3.05) is 11.5 Å². The molecule has 0 bridgehead atoms. The maximum absolute atomic E-state index is 11.4. The Hall–Kier alpha value is -0.950. The van der Waals surface area contributed by atoms with Crippen LogP contribution in [0.3, 0.4) is 0 Å². The number of sulfone groups is 1. The molecule has 0 radical (unpaired) electrons. The van der Waals surface area contributed by atoms with E-state index >= 15 is 0 Å². The lowest BCUT2D eigenvalue weighted by Crippen LogP contribution is -2.39. The molecule has 2 aliphatic rings. The zero-order valence-electron chi connectivity index (χ0n) is 11.2. The number of aromatic nitrogens is 3. The summed E-state index contributed by atoms with van der Waals surface area (Å²) in [5.41, 5.74) is 0. The summed E-state index contributed by atoms with van der Waals surface area (Å²) in [5.74, 6) is 2.67. The highest BCUT2D eigenvalue weighted by Crippen LogP contribution is 2.21. The Morgan fingerprint density at radius 2 is 2.05 bits per heavy atom. The average molecular weight is 284 g/mol. The molecule has 7 heteroatoms. The van der Waals surface area contributed by atoms with Crippen LogP contribution < -0.4 is 5.32 Å². The van der Waals surface area contributed by atoms with Gasteiger partial charge < -0.3 is 9.88 Å². The summed E-state index contributed by atoms with van der Waals surface area (Å²) in [6.07, 6.45) is 3.56. The lowest BCUT2D eigenvalue weighted by Gasteiger charge is -2.26. The van der Waals surface area contributed by atoms with E-state index in [0.717, 1.165) is 31.0 Å². The summed E-state index contributed by atoms with van der Waals surface area (Å²) in [7, 11) is -2.79. The number of hydrogen-bond donors (Lipinski definition) is 1. The monoisotopic (exact) mass is 284 g/mol. The Kier molecular flexibility index (Phi) is 3.34. The fourth-order valence-corrected chi connectivity index (χ4v) is 4.47. The molecule has 1 fully saturated rings. The normalized spacial score (nSPS) is 24.3. The SMILES string of the molecule is CC(NC1CCS(=O)(=O)CC1)c1nnc2n1CCC2. The molecule has 3 heterocycles. The van der Waals surface area contributed by atoms with Crippen molar-refractivity contribution in [3.63, 3.8) is 0 Å². The van der Waals surface area contributed by atoms with Crippen LogP contribution in [0.1, 0.15) is 43.9 Å². The van der Waals surface area contributed by atoms with Gasteiger partial charge in [0.25, 0.3) is 0 Å². The Balaban J connectivity index is 1.64. The van der Waals surface area contributed by atoms with Crippen molar-refractivity contribution in [1.29, 1.82) is 0 Å². The summed E-state index contributed by atoms with van der Waals surface area (Å²) in [5, 5.41) is 12.0. The average Bonchev–Trinajstić information content (AvgIpc) is 2.93. The highest BCUT2D eigenvalue weighted by Gasteiger charge is 2.27. The van der Waals surface area contributed by atoms with Crippen LogP contribution in [0.2, 0.25) is 0 Å². The third-order valence-corrected chi connectivity index (χ3v) is 5.78. The summed E-state index contributed by atoms with van der Waals surface area (Å²) >= 11 is 0. The number of fused-ring (bicyclic) bond motifs is 1. The lowest BCUT2D eigenvalue weighted by molar-refractivity contribution is 0.402. The molecule has 2 aliphatic heterocycles. The minimum atomic E-state index is -2.79. The van der Waals surface area contributed by atoms with E-state index in [-0.39, 0.29) is 12.1 Å². The molecule has 0 amide bonds. The first-order valence-electron chi connectivity index (χ1n) is 6.93. The van der Waals surface area contributed by atoms with Crippen molar-refractivity contribution in [3.8, 4) is 0 Å². The van der Waals surface area contributed by atoms with Gasteiger partial charge in [0.05, 0.1) is 17.5 Å². The van der Waals surface area contributed by atoms with E-state index in [2.05, 4.69) is 27.0 Å². The molecule has 6 nitrogen and oxygen atoms in total. The van der Waals surface area contributed by atoms with Gasteiger partial charge >= 0.3 is 0 Å². The van der Waals surface area contributed by atoms with Crippen molar-refractivity contribution in [2.24, 2.45) is 0 Å². The smallest absolute Gasteiger partial charge is 0.150 e. The highest BCUT2D eigenvalue weighted by molar-refractivity contribution is 7.91. The van der Waals surface area contributed by atoms with Gasteiger partial charge in [-0.25, -0.2) is 8.42 Å². The summed E-state index contributed by atoms with van der Waals surface area (Å²) in [6.45, 7) is 3.08. The molecule has 1 N–H and O–H groups in total. The maximum atomic E-state index is 11.4. The Morgan fingerprint density at radius 1 is 1.32 bits per heavy atom. The largest absolute Gasteiger partial charge is 0.314 e. The quantitative estimate of drug-likeness (QED) is 0.872. The second-order valence-electron chi connectivity index (χ2n) is 5.54. The van der Waals surface area contributed by atoms with Crippen LogP contribution in [0.25, 0.3) is 0 Å². The van der Waals surface area contributed by atoms with Gasteiger partial charge in [0.2, 0.25) is 0 Å². The standard InChI is InChI=1S/C12H20N4O2S/c1-9(12-15-14-11-3-2-6-16(11)12)13-10-4-7-19(17,18)8-5-10/h9-10,13H,2-8H2,1H3. The molecule has 106 valence electrons. The van der Waals surface area contributed by atoms with Crippen molar-refractivity contribution in [2.45, 2.75) is 51.2 Å². The molecule has 0 aliphatic carbocycles. The molecular weight excluding hydrogens is 264 g/mol. The fraction of sp³-hybridized carbons (Fsp3) is 0.833. The predicted molar refractivity (Wildman–Crippen MR) is 71.6 cm³/mol. The second kappa shape index (κ2) is 4.86. The van der Waals surface area contributed by atoms with Gasteiger partial charge in [0, 0.05) is 19.0 Å². The van der Waals surface area contributed by atoms with Gasteiger partial charge in [-0.05, 0) is 26.2 Å². The Bertz CT molecular complexity index is 552. The van der Waals surface area contributed by atoms with E-state index in [1.165, 1.54) is 0 Å². The first-order valence-corrected chi connectivity index (χ1v) is 8.76. The van der Waals surface area contributed by atoms with Crippen molar-refractivity contribution < 1.29 is 8.42 Å². The van der Waals surface area contributed by atoms with E-state index in [1.807, 2.05) is 0 Å². The molecule has 0 spiro atoms. The molecular formula is C12H20N4O2S. The van der Waals surface area contributed by atoms with Gasteiger partial charge in [0.15, 0.2) is 0 Å². The lowest BCUT2D eigenvalue weighted by atomic mass is 10.1. The van der Waals surface area contributed by atoms with Gasteiger partial charge in [-0.1, -0.05) is 0 Å². The number of rotatable bonds is 3. The predicted octanol–water partition coefficient (Wildman–Crippen LogP) is 0.452. The van der Waals surface area contributed by atoms with Crippen LogP contribution in [0, 0.1) is 0 Å². The molecule has 3 rings (SSSR count). The van der Waals surface area contributed by atoms with Crippen LogP contribution in [-0.4, -0.2) is 40.7 Å². The number of hydrogen-bond acceptors (Lipinski definition) is 5. The maximum Gasteiger partial charge on any atom is 0.150 e. The van der Waals surface area contributed by atoms with E-state index in [4.69, 9.17) is 0 Å². The van der Waals surface area contributed by atoms with Crippen LogP contribution in [0.5, 0.6) is 0 Å². The minimum absolute atomic E-state index is 0.130. The van der Waals surface area contributed by atoms with Gasteiger partial charge in [-0.2, -0.15) is 0 Å². The second-order valence-corrected chi connectivity index (χ2v) is 7.85. The zero-order chi connectivity index (χ0) is 13.5. The van der Waals surface area contributed by atoms with Gasteiger partial charge in [-0.3, -0.25) is 0 Å². The summed E-state index contributed by atoms with van der Waals surface area (Å²) in [4.78, 5) is 0. The minimum Gasteiger partial charge on any atom is -0.314 e. The number of nitrogens with zero attached hydrogens (tertiary/aromatic N) is 3. The summed E-state index contributed by atoms with van der Waals surface area (Å²) < 4.78 is 25.0. The van der Waals surface area contributed by atoms with Crippen molar-refractivity contribution in [1.82, 2.24) is 20.1 Å². The molecule has 1 aromatic heterocycles. The van der Waals surface area contributed by atoms with Crippen molar-refractivity contribution >= 4 is 9.84 Å². The van der Waals surface area contributed by atoms with Crippen LogP contribution in [0.15, 0.2) is 0 Å². The van der Waals surface area contributed by atoms with E-state index in [0.29, 0.717) is 24.3 Å². The molecule has 0 aromatic carbocycles. The molecule has 1 atom stereocenters. The highest BCUT2D eigenvalue weighted by atomic mass is 32.2. The van der Waals surface area contributed by atoms with Crippen molar-refractivity contribution in [3.05, 3.63) is 11.6 Å².